The number of rotatable bonds is 6. The Kier molecular flexibility index (Phi) is 7.07. The van der Waals surface area contributed by atoms with Gasteiger partial charge in [-0.25, -0.2) is 4.39 Å². The second-order valence-corrected chi connectivity index (χ2v) is 9.60. The van der Waals surface area contributed by atoms with Crippen molar-refractivity contribution in [2.45, 2.75) is 50.7 Å². The van der Waals surface area contributed by atoms with Crippen LogP contribution in [-0.2, 0) is 6.42 Å². The van der Waals surface area contributed by atoms with Crippen LogP contribution in [0.25, 0.3) is 10.9 Å². The minimum absolute atomic E-state index is 0.000800. The Morgan fingerprint density at radius 2 is 1.94 bits per heavy atom. The highest BCUT2D eigenvalue weighted by molar-refractivity contribution is 6.08. The number of hydrogen-bond donors (Lipinski definition) is 1. The van der Waals surface area contributed by atoms with Gasteiger partial charge in [0.05, 0.1) is 17.4 Å². The number of Topliss-reactive ketones (excluding diaryl/α,β-unsaturated/α-hetero) is 1. The fourth-order valence-corrected chi connectivity index (χ4v) is 5.13. The highest BCUT2D eigenvalue weighted by Crippen LogP contribution is 2.37. The van der Waals surface area contributed by atoms with Crippen LogP contribution in [-0.4, -0.2) is 41.6 Å². The number of alkyl halides is 3. The van der Waals surface area contributed by atoms with Gasteiger partial charge < -0.3 is 10.6 Å². The molecule has 1 fully saturated rings. The summed E-state index contributed by atoms with van der Waals surface area (Å²) in [5.74, 6) is -0.204. The van der Waals surface area contributed by atoms with E-state index in [4.69, 9.17) is 5.73 Å². The third kappa shape index (κ3) is 5.78. The average Bonchev–Trinajstić information content (AvgIpc) is 2.77. The molecule has 0 bridgehead atoms. The van der Waals surface area contributed by atoms with Crippen LogP contribution in [0.15, 0.2) is 42.9 Å². The number of carbonyl (C=O) groups excluding carboxylic acids is 1. The predicted molar refractivity (Wildman–Crippen MR) is 127 cm³/mol. The Balaban J connectivity index is 1.64. The molecule has 186 valence electrons. The molecule has 5 nitrogen and oxygen atoms in total. The highest BCUT2D eigenvalue weighted by atomic mass is 19.4. The van der Waals surface area contributed by atoms with Crippen molar-refractivity contribution in [3.63, 3.8) is 0 Å². The van der Waals surface area contributed by atoms with Gasteiger partial charge in [-0.1, -0.05) is 6.92 Å². The molecule has 0 radical (unpaired) electrons. The van der Waals surface area contributed by atoms with E-state index in [-0.39, 0.29) is 46.3 Å². The lowest BCUT2D eigenvalue weighted by Gasteiger charge is -2.32. The maximum Gasteiger partial charge on any atom is 0.405 e. The maximum atomic E-state index is 14.6. The minimum Gasteiger partial charge on any atom is -0.364 e. The molecule has 9 heteroatoms. The van der Waals surface area contributed by atoms with E-state index in [1.807, 2.05) is 6.07 Å². The molecular weight excluding hydrogens is 460 g/mol. The first-order valence-electron chi connectivity index (χ1n) is 11.6. The molecule has 1 aliphatic rings. The number of carbonyl (C=O) groups is 1. The van der Waals surface area contributed by atoms with Crippen LogP contribution in [0.4, 0.5) is 23.2 Å². The summed E-state index contributed by atoms with van der Waals surface area (Å²) in [6.07, 6.45) is 3.05. The summed E-state index contributed by atoms with van der Waals surface area (Å²) in [6, 6.07) is 5.86. The summed E-state index contributed by atoms with van der Waals surface area (Å²) in [7, 11) is 1.26. The van der Waals surface area contributed by atoms with Crippen LogP contribution in [0.2, 0.25) is 0 Å². The highest BCUT2D eigenvalue weighted by Gasteiger charge is 2.30. The number of hydrogen-bond acceptors (Lipinski definition) is 5. The van der Waals surface area contributed by atoms with Gasteiger partial charge in [-0.3, -0.25) is 14.8 Å². The number of nitrogens with zero attached hydrogens (tertiary/aromatic N) is 3. The first-order valence-corrected chi connectivity index (χ1v) is 11.6. The van der Waals surface area contributed by atoms with Gasteiger partial charge >= 0.3 is 6.18 Å². The zero-order valence-corrected chi connectivity index (χ0v) is 19.6. The third-order valence-electron chi connectivity index (χ3n) is 6.65. The topological polar surface area (TPSA) is 72.1 Å². The zero-order valence-electron chi connectivity index (χ0n) is 19.6. The van der Waals surface area contributed by atoms with Crippen LogP contribution in [0.1, 0.15) is 53.6 Å². The number of nitrogens with two attached hydrogens (primary N) is 1. The largest absolute Gasteiger partial charge is 0.405 e. The minimum atomic E-state index is -4.42. The van der Waals surface area contributed by atoms with E-state index in [0.29, 0.717) is 5.92 Å². The number of aromatic nitrogens is 2. The van der Waals surface area contributed by atoms with Gasteiger partial charge in [0.15, 0.2) is 5.78 Å². The van der Waals surface area contributed by atoms with Gasteiger partial charge in [-0.2, -0.15) is 13.2 Å². The standard InChI is InChI=1S/C26H28F4N4O/c1-15-7-16(9-18(31)8-15)20-5-6-32-12-17(20)10-24(35)21-3-4-23(27)22-11-19(13-33-25(21)22)34(2)14-26(28,29)30/h3-6,11-13,15-16,18H,7-10,14,31H2,1-2H3/t15-,16+,18-/m0/s1. The average molecular weight is 489 g/mol. The van der Waals surface area contributed by atoms with Gasteiger partial charge in [0.1, 0.15) is 12.4 Å². The van der Waals surface area contributed by atoms with E-state index in [1.165, 1.54) is 25.4 Å². The van der Waals surface area contributed by atoms with Crippen molar-refractivity contribution in [2.24, 2.45) is 11.7 Å². The van der Waals surface area contributed by atoms with Crippen LogP contribution >= 0.6 is 0 Å². The zero-order chi connectivity index (χ0) is 25.3. The van der Waals surface area contributed by atoms with Gasteiger partial charge in [0.2, 0.25) is 0 Å². The van der Waals surface area contributed by atoms with Crippen LogP contribution in [0.3, 0.4) is 0 Å². The monoisotopic (exact) mass is 488 g/mol. The van der Waals surface area contributed by atoms with E-state index < -0.39 is 18.5 Å². The van der Waals surface area contributed by atoms with E-state index in [1.54, 1.807) is 12.4 Å². The smallest absolute Gasteiger partial charge is 0.364 e. The molecule has 2 aromatic heterocycles. The quantitative estimate of drug-likeness (QED) is 0.370. The van der Waals surface area contributed by atoms with E-state index in [0.717, 1.165) is 41.4 Å². The van der Waals surface area contributed by atoms with Crippen LogP contribution in [0.5, 0.6) is 0 Å². The first-order chi connectivity index (χ1) is 16.5. The fraction of sp³-hybridized carbons (Fsp3) is 0.423. The predicted octanol–water partition coefficient (Wildman–Crippen LogP) is 5.42. The number of halogens is 4. The molecule has 35 heavy (non-hydrogen) atoms. The molecule has 3 atom stereocenters. The molecule has 2 heterocycles. The second-order valence-electron chi connectivity index (χ2n) is 9.60. The summed E-state index contributed by atoms with van der Waals surface area (Å²) in [5, 5.41) is 0.000800. The molecule has 1 aromatic carbocycles. The molecule has 4 rings (SSSR count). The number of ketones is 1. The molecule has 3 aromatic rings. The molecule has 1 saturated carbocycles. The Bertz CT molecular complexity index is 1220. The van der Waals surface area contributed by atoms with E-state index in [9.17, 15) is 22.4 Å². The summed E-state index contributed by atoms with van der Waals surface area (Å²) in [5.41, 5.74) is 8.54. The van der Waals surface area contributed by atoms with Crippen molar-refractivity contribution >= 4 is 22.4 Å². The van der Waals surface area contributed by atoms with Crippen molar-refractivity contribution in [1.82, 2.24) is 9.97 Å². The number of benzene rings is 1. The Hall–Kier alpha value is -3.07. The number of anilines is 1. The number of fused-ring (bicyclic) bond motifs is 1. The van der Waals surface area contributed by atoms with E-state index >= 15 is 0 Å². The summed E-state index contributed by atoms with van der Waals surface area (Å²) >= 11 is 0. The van der Waals surface area contributed by atoms with Crippen molar-refractivity contribution in [3.8, 4) is 0 Å². The lowest BCUT2D eigenvalue weighted by Crippen LogP contribution is -2.31. The maximum absolute atomic E-state index is 14.6. The van der Waals surface area contributed by atoms with E-state index in [2.05, 4.69) is 16.9 Å². The van der Waals surface area contributed by atoms with Crippen molar-refractivity contribution < 1.29 is 22.4 Å². The summed E-state index contributed by atoms with van der Waals surface area (Å²) < 4.78 is 52.9. The molecule has 2 N–H and O–H groups in total. The van der Waals surface area contributed by atoms with Crippen molar-refractivity contribution in [2.75, 3.05) is 18.5 Å². The lowest BCUT2D eigenvalue weighted by molar-refractivity contribution is -0.119. The normalized spacial score (nSPS) is 20.7. The molecule has 0 spiro atoms. The third-order valence-corrected chi connectivity index (χ3v) is 6.65. The lowest BCUT2D eigenvalue weighted by atomic mass is 9.75. The molecule has 0 saturated heterocycles. The Labute approximate surface area is 201 Å². The summed E-state index contributed by atoms with van der Waals surface area (Å²) in [4.78, 5) is 22.7. The molecule has 0 aliphatic heterocycles. The molecule has 0 unspecified atom stereocenters. The van der Waals surface area contributed by atoms with Crippen LogP contribution < -0.4 is 10.6 Å². The van der Waals surface area contributed by atoms with Gasteiger partial charge in [-0.15, -0.1) is 0 Å². The Morgan fingerprint density at radius 3 is 2.66 bits per heavy atom. The number of pyridine rings is 2. The van der Waals surface area contributed by atoms with Crippen molar-refractivity contribution in [1.29, 1.82) is 0 Å². The molecular formula is C26H28F4N4O. The van der Waals surface area contributed by atoms with Crippen molar-refractivity contribution in [3.05, 3.63) is 65.4 Å². The van der Waals surface area contributed by atoms with Gasteiger partial charge in [-0.05, 0) is 66.5 Å². The fourth-order valence-electron chi connectivity index (χ4n) is 5.13. The second kappa shape index (κ2) is 9.89. The molecule has 1 aliphatic carbocycles. The van der Waals surface area contributed by atoms with Gasteiger partial charge in [0.25, 0.3) is 0 Å². The van der Waals surface area contributed by atoms with Crippen LogP contribution in [0, 0.1) is 11.7 Å². The van der Waals surface area contributed by atoms with Gasteiger partial charge in [0, 0.05) is 42.9 Å². The summed E-state index contributed by atoms with van der Waals surface area (Å²) in [6.45, 7) is 0.975. The SMILES string of the molecule is C[C@@H]1C[C@H](N)C[C@H](c2ccncc2CC(=O)c2ccc(F)c3cc(N(C)CC(F)(F)F)cnc23)C1. The Morgan fingerprint density at radius 1 is 1.17 bits per heavy atom. The molecule has 0 amide bonds. The first kappa shape index (κ1) is 25.0.